The number of carbonyl (C=O) groups is 3. The Balaban J connectivity index is 2.10. The highest BCUT2D eigenvalue weighted by Crippen LogP contribution is 2.21. The fourth-order valence-corrected chi connectivity index (χ4v) is 2.31. The number of methoxy groups -OCH3 is 1. The van der Waals surface area contributed by atoms with Crippen LogP contribution < -0.4 is 10.6 Å². The molecule has 2 aromatic rings. The van der Waals surface area contributed by atoms with Crippen molar-refractivity contribution in [3.63, 3.8) is 0 Å². The fraction of sp³-hybridized carbons (Fsp3) is 0.105. The quantitative estimate of drug-likeness (QED) is 0.623. The summed E-state index contributed by atoms with van der Waals surface area (Å²) >= 11 is 5.88. The van der Waals surface area contributed by atoms with E-state index < -0.39 is 11.9 Å². The molecule has 0 aliphatic rings. The van der Waals surface area contributed by atoms with Gasteiger partial charge in [0.1, 0.15) is 0 Å². The van der Waals surface area contributed by atoms with Crippen LogP contribution in [-0.4, -0.2) is 31.9 Å². The van der Waals surface area contributed by atoms with Crippen LogP contribution in [-0.2, 0) is 9.53 Å². The summed E-state index contributed by atoms with van der Waals surface area (Å²) in [6, 6.07) is 11.3. The molecular formula is C19H17ClN2O4. The van der Waals surface area contributed by atoms with Crippen LogP contribution in [0.5, 0.6) is 0 Å². The van der Waals surface area contributed by atoms with Crippen LogP contribution in [0.3, 0.4) is 0 Å². The number of anilines is 1. The van der Waals surface area contributed by atoms with E-state index in [9.17, 15) is 14.4 Å². The predicted octanol–water partition coefficient (Wildman–Crippen LogP) is 3.14. The van der Waals surface area contributed by atoms with Gasteiger partial charge in [0.05, 0.1) is 18.4 Å². The van der Waals surface area contributed by atoms with Gasteiger partial charge in [-0.1, -0.05) is 23.7 Å². The Hall–Kier alpha value is -3.12. The molecule has 7 heteroatoms. The average Bonchev–Trinajstić information content (AvgIpc) is 2.66. The van der Waals surface area contributed by atoms with E-state index in [1.165, 1.54) is 25.3 Å². The lowest BCUT2D eigenvalue weighted by molar-refractivity contribution is -0.111. The Labute approximate surface area is 155 Å². The molecule has 6 nitrogen and oxygen atoms in total. The van der Waals surface area contributed by atoms with Crippen LogP contribution >= 0.6 is 11.6 Å². The Morgan fingerprint density at radius 1 is 1.08 bits per heavy atom. The van der Waals surface area contributed by atoms with Crippen molar-refractivity contribution in [3.05, 3.63) is 70.3 Å². The lowest BCUT2D eigenvalue weighted by Gasteiger charge is -2.08. The lowest BCUT2D eigenvalue weighted by atomic mass is 10.1. The smallest absolute Gasteiger partial charge is 0.340 e. The van der Waals surface area contributed by atoms with Crippen molar-refractivity contribution in [2.75, 3.05) is 19.5 Å². The van der Waals surface area contributed by atoms with Crippen LogP contribution in [0.4, 0.5) is 5.69 Å². The van der Waals surface area contributed by atoms with Crippen LogP contribution in [0.2, 0.25) is 5.02 Å². The van der Waals surface area contributed by atoms with E-state index in [2.05, 4.69) is 15.4 Å². The molecule has 2 aromatic carbocycles. The highest BCUT2D eigenvalue weighted by atomic mass is 35.5. The number of ether oxygens (including phenoxy) is 1. The summed E-state index contributed by atoms with van der Waals surface area (Å²) in [5, 5.41) is 5.50. The summed E-state index contributed by atoms with van der Waals surface area (Å²) in [5.74, 6) is -1.21. The minimum absolute atomic E-state index is 0.164. The van der Waals surface area contributed by atoms with E-state index >= 15 is 0 Å². The number of amides is 2. The van der Waals surface area contributed by atoms with E-state index in [0.717, 1.165) is 5.56 Å². The average molecular weight is 373 g/mol. The first-order valence-corrected chi connectivity index (χ1v) is 8.01. The first kappa shape index (κ1) is 19.2. The Bertz CT molecular complexity index is 860. The zero-order valence-electron chi connectivity index (χ0n) is 14.2. The van der Waals surface area contributed by atoms with Crippen molar-refractivity contribution in [3.8, 4) is 0 Å². The van der Waals surface area contributed by atoms with E-state index in [-0.39, 0.29) is 11.5 Å². The molecule has 0 atom stereocenters. The molecule has 2 amide bonds. The van der Waals surface area contributed by atoms with Gasteiger partial charge >= 0.3 is 5.97 Å². The van der Waals surface area contributed by atoms with Gasteiger partial charge < -0.3 is 15.4 Å². The fourth-order valence-electron chi connectivity index (χ4n) is 2.14. The molecule has 0 saturated carbocycles. The first-order chi connectivity index (χ1) is 12.4. The molecule has 0 aromatic heterocycles. The number of hydrogen-bond acceptors (Lipinski definition) is 4. The van der Waals surface area contributed by atoms with E-state index in [1.807, 2.05) is 0 Å². The van der Waals surface area contributed by atoms with Crippen LogP contribution in [0.1, 0.15) is 26.3 Å². The van der Waals surface area contributed by atoms with E-state index in [0.29, 0.717) is 16.3 Å². The number of hydrogen-bond donors (Lipinski definition) is 2. The van der Waals surface area contributed by atoms with Gasteiger partial charge in [0, 0.05) is 23.7 Å². The maximum absolute atomic E-state index is 12.1. The Morgan fingerprint density at radius 3 is 2.38 bits per heavy atom. The molecule has 0 aliphatic heterocycles. The topological polar surface area (TPSA) is 84.5 Å². The summed E-state index contributed by atoms with van der Waals surface area (Å²) in [6.07, 6.45) is 2.92. The summed E-state index contributed by atoms with van der Waals surface area (Å²) in [7, 11) is 2.80. The normalized spacial score (nSPS) is 10.4. The highest BCUT2D eigenvalue weighted by Gasteiger charge is 2.13. The molecule has 134 valence electrons. The monoisotopic (exact) mass is 372 g/mol. The van der Waals surface area contributed by atoms with Crippen LogP contribution in [0, 0.1) is 0 Å². The van der Waals surface area contributed by atoms with Gasteiger partial charge in [-0.2, -0.15) is 0 Å². The van der Waals surface area contributed by atoms with Gasteiger partial charge in [0.2, 0.25) is 5.91 Å². The molecule has 0 radical (unpaired) electrons. The zero-order chi connectivity index (χ0) is 19.1. The largest absolute Gasteiger partial charge is 0.465 e. The van der Waals surface area contributed by atoms with Crippen molar-refractivity contribution in [2.24, 2.45) is 0 Å². The van der Waals surface area contributed by atoms with Gasteiger partial charge in [0.15, 0.2) is 0 Å². The van der Waals surface area contributed by atoms with Gasteiger partial charge in [-0.15, -0.1) is 0 Å². The maximum Gasteiger partial charge on any atom is 0.340 e. The number of benzene rings is 2. The third kappa shape index (κ3) is 4.94. The van der Waals surface area contributed by atoms with Crippen LogP contribution in [0.25, 0.3) is 6.08 Å². The van der Waals surface area contributed by atoms with Crippen molar-refractivity contribution in [1.29, 1.82) is 0 Å². The molecule has 26 heavy (non-hydrogen) atoms. The van der Waals surface area contributed by atoms with Crippen molar-refractivity contribution in [2.45, 2.75) is 0 Å². The van der Waals surface area contributed by atoms with Gasteiger partial charge in [0.25, 0.3) is 5.91 Å². The number of carbonyl (C=O) groups excluding carboxylic acids is 3. The molecule has 0 unspecified atom stereocenters. The third-order valence-corrected chi connectivity index (χ3v) is 3.71. The van der Waals surface area contributed by atoms with Crippen LogP contribution in [0.15, 0.2) is 48.5 Å². The standard InChI is InChI=1S/C19H17ClN2O4/c1-21-18(24)13-6-3-12(4-7-13)5-10-17(23)22-16-9-8-14(20)11-15(16)19(25)26-2/h3-11H,1-2H3,(H,21,24)(H,22,23). The second kappa shape index (κ2) is 8.82. The zero-order valence-corrected chi connectivity index (χ0v) is 15.0. The second-order valence-electron chi connectivity index (χ2n) is 5.21. The Morgan fingerprint density at radius 2 is 1.77 bits per heavy atom. The number of halogens is 1. The van der Waals surface area contributed by atoms with E-state index in [1.54, 1.807) is 43.5 Å². The highest BCUT2D eigenvalue weighted by molar-refractivity contribution is 6.31. The number of rotatable bonds is 5. The molecule has 0 saturated heterocycles. The van der Waals surface area contributed by atoms with Gasteiger partial charge in [-0.25, -0.2) is 4.79 Å². The first-order valence-electron chi connectivity index (χ1n) is 7.63. The summed E-state index contributed by atoms with van der Waals surface area (Å²) in [4.78, 5) is 35.4. The summed E-state index contributed by atoms with van der Waals surface area (Å²) in [6.45, 7) is 0. The minimum atomic E-state index is -0.600. The SMILES string of the molecule is CNC(=O)c1ccc(C=CC(=O)Nc2ccc(Cl)cc2C(=O)OC)cc1. The van der Waals surface area contributed by atoms with Gasteiger partial charge in [-0.3, -0.25) is 9.59 Å². The number of nitrogens with one attached hydrogen (secondary N) is 2. The van der Waals surface area contributed by atoms with Gasteiger partial charge in [-0.05, 0) is 42.0 Å². The molecule has 0 bridgehead atoms. The second-order valence-corrected chi connectivity index (χ2v) is 5.64. The summed E-state index contributed by atoms with van der Waals surface area (Å²) in [5.41, 5.74) is 1.73. The summed E-state index contributed by atoms with van der Waals surface area (Å²) < 4.78 is 4.68. The predicted molar refractivity (Wildman–Crippen MR) is 100 cm³/mol. The molecular weight excluding hydrogens is 356 g/mol. The molecule has 2 N–H and O–H groups in total. The molecule has 2 rings (SSSR count). The van der Waals surface area contributed by atoms with Crippen molar-refractivity contribution < 1.29 is 19.1 Å². The molecule has 0 fully saturated rings. The minimum Gasteiger partial charge on any atom is -0.465 e. The van der Waals surface area contributed by atoms with Crippen molar-refractivity contribution in [1.82, 2.24) is 5.32 Å². The maximum atomic E-state index is 12.1. The lowest BCUT2D eigenvalue weighted by Crippen LogP contribution is -2.17. The molecule has 0 spiro atoms. The number of esters is 1. The third-order valence-electron chi connectivity index (χ3n) is 3.47. The Kier molecular flexibility index (Phi) is 6.52. The molecule has 0 heterocycles. The molecule has 0 aliphatic carbocycles. The van der Waals surface area contributed by atoms with E-state index in [4.69, 9.17) is 11.6 Å². The van der Waals surface area contributed by atoms with Crippen molar-refractivity contribution >= 4 is 41.1 Å².